The van der Waals surface area contributed by atoms with E-state index in [0.29, 0.717) is 5.11 Å². The van der Waals surface area contributed by atoms with Crippen LogP contribution in [0.3, 0.4) is 0 Å². The molecule has 0 aromatic heterocycles. The number of rotatable bonds is 7. The third-order valence-corrected chi connectivity index (χ3v) is 5.04. The number of anilines is 1. The predicted molar refractivity (Wildman–Crippen MR) is 110 cm³/mol. The van der Waals surface area contributed by atoms with Gasteiger partial charge in [0.25, 0.3) is 0 Å². The second kappa shape index (κ2) is 9.96. The number of hydrogen-bond donors (Lipinski definition) is 2. The van der Waals surface area contributed by atoms with Gasteiger partial charge in [-0.15, -0.1) is 0 Å². The van der Waals surface area contributed by atoms with Gasteiger partial charge in [0.2, 0.25) is 0 Å². The first-order valence-electron chi connectivity index (χ1n) is 7.57. The summed E-state index contributed by atoms with van der Waals surface area (Å²) in [4.78, 5) is 0. The van der Waals surface area contributed by atoms with Crippen molar-refractivity contribution in [1.29, 1.82) is 0 Å². The highest BCUT2D eigenvalue weighted by molar-refractivity contribution is 9.10. The Balaban J connectivity index is 1.57. The van der Waals surface area contributed by atoms with Crippen LogP contribution in [0.5, 0.6) is 0 Å². The molecule has 0 spiro atoms. The Hall–Kier alpha value is -1.04. The molecule has 2 aromatic carbocycles. The lowest BCUT2D eigenvalue weighted by molar-refractivity contribution is 0.854. The van der Waals surface area contributed by atoms with Crippen molar-refractivity contribution in [3.63, 3.8) is 0 Å². The molecule has 2 aromatic rings. The van der Waals surface area contributed by atoms with E-state index in [1.165, 1.54) is 11.1 Å². The van der Waals surface area contributed by atoms with Crippen LogP contribution in [0.25, 0.3) is 0 Å². The maximum atomic E-state index is 5.30. The fraction of sp³-hybridized carbons (Fsp3) is 0.278. The van der Waals surface area contributed by atoms with Crippen molar-refractivity contribution in [2.75, 3.05) is 17.6 Å². The van der Waals surface area contributed by atoms with Crippen LogP contribution in [0.1, 0.15) is 17.5 Å². The molecule has 0 saturated heterocycles. The van der Waals surface area contributed by atoms with Crippen LogP contribution in [0, 0.1) is 6.92 Å². The fourth-order valence-electron chi connectivity index (χ4n) is 2.11. The smallest absolute Gasteiger partial charge is 0.170 e. The molecule has 122 valence electrons. The van der Waals surface area contributed by atoms with Crippen molar-refractivity contribution in [2.45, 2.75) is 19.1 Å². The minimum atomic E-state index is 0.673. The summed E-state index contributed by atoms with van der Waals surface area (Å²) in [5, 5.41) is 7.11. The molecular formula is C18H21BrN2S2. The molecular weight excluding hydrogens is 388 g/mol. The summed E-state index contributed by atoms with van der Waals surface area (Å²) in [6.07, 6.45) is 1.09. The Bertz CT molecular complexity index is 646. The summed E-state index contributed by atoms with van der Waals surface area (Å²) in [7, 11) is 0. The summed E-state index contributed by atoms with van der Waals surface area (Å²) >= 11 is 10.7. The molecule has 2 rings (SSSR count). The molecule has 2 nitrogen and oxygen atoms in total. The lowest BCUT2D eigenvalue weighted by atomic mass is 10.2. The van der Waals surface area contributed by atoms with E-state index in [2.05, 4.69) is 57.8 Å². The highest BCUT2D eigenvalue weighted by atomic mass is 79.9. The topological polar surface area (TPSA) is 24.1 Å². The van der Waals surface area contributed by atoms with Gasteiger partial charge in [-0.05, 0) is 55.1 Å². The third-order valence-electron chi connectivity index (χ3n) is 3.18. The van der Waals surface area contributed by atoms with E-state index in [0.717, 1.165) is 34.6 Å². The molecule has 0 radical (unpaired) electrons. The summed E-state index contributed by atoms with van der Waals surface area (Å²) in [5.41, 5.74) is 3.72. The quantitative estimate of drug-likeness (QED) is 0.475. The molecule has 0 heterocycles. The van der Waals surface area contributed by atoms with Crippen molar-refractivity contribution in [2.24, 2.45) is 0 Å². The highest BCUT2D eigenvalue weighted by Gasteiger charge is 1.98. The summed E-state index contributed by atoms with van der Waals surface area (Å²) in [6.45, 7) is 3.03. The van der Waals surface area contributed by atoms with Crippen LogP contribution < -0.4 is 10.6 Å². The highest BCUT2D eigenvalue weighted by Crippen LogP contribution is 2.16. The molecule has 0 unspecified atom stereocenters. The molecule has 0 aliphatic carbocycles. The molecule has 23 heavy (non-hydrogen) atoms. The summed E-state index contributed by atoms with van der Waals surface area (Å²) in [5.74, 6) is 2.20. The molecule has 0 bridgehead atoms. The minimum absolute atomic E-state index is 0.673. The van der Waals surface area contributed by atoms with Crippen molar-refractivity contribution >= 4 is 50.7 Å². The van der Waals surface area contributed by atoms with Gasteiger partial charge in [-0.25, -0.2) is 0 Å². The Morgan fingerprint density at radius 2 is 2.00 bits per heavy atom. The maximum absolute atomic E-state index is 5.30. The lowest BCUT2D eigenvalue weighted by Crippen LogP contribution is -2.29. The van der Waals surface area contributed by atoms with Gasteiger partial charge in [0.1, 0.15) is 0 Å². The number of benzene rings is 2. The van der Waals surface area contributed by atoms with Crippen molar-refractivity contribution in [1.82, 2.24) is 5.32 Å². The molecule has 0 amide bonds. The normalized spacial score (nSPS) is 10.3. The zero-order valence-electron chi connectivity index (χ0n) is 13.1. The predicted octanol–water partition coefficient (Wildman–Crippen LogP) is 5.37. The Kier molecular flexibility index (Phi) is 7.92. The van der Waals surface area contributed by atoms with E-state index in [1.807, 2.05) is 36.0 Å². The van der Waals surface area contributed by atoms with Gasteiger partial charge in [0, 0.05) is 22.5 Å². The third kappa shape index (κ3) is 7.38. The number of halogens is 1. The SMILES string of the molecule is Cc1cccc(CSCCCNC(=S)Nc2cccc(Br)c2)c1. The molecule has 5 heteroatoms. The fourth-order valence-corrected chi connectivity index (χ4v) is 3.64. The average molecular weight is 409 g/mol. The number of aryl methyl sites for hydroxylation is 1. The standard InChI is InChI=1S/C18H21BrN2S2/c1-14-5-2-6-15(11-14)13-23-10-4-9-20-18(22)21-17-8-3-7-16(19)12-17/h2-3,5-8,11-12H,4,9-10,13H2,1H3,(H2,20,21,22). The van der Waals surface area contributed by atoms with Gasteiger partial charge in [-0.2, -0.15) is 11.8 Å². The Morgan fingerprint density at radius 3 is 2.78 bits per heavy atom. The monoisotopic (exact) mass is 408 g/mol. The van der Waals surface area contributed by atoms with Crippen LogP contribution in [0.15, 0.2) is 53.0 Å². The van der Waals surface area contributed by atoms with E-state index in [-0.39, 0.29) is 0 Å². The van der Waals surface area contributed by atoms with Crippen LogP contribution >= 0.6 is 39.9 Å². The molecule has 2 N–H and O–H groups in total. The van der Waals surface area contributed by atoms with Crippen LogP contribution in [0.4, 0.5) is 5.69 Å². The zero-order valence-corrected chi connectivity index (χ0v) is 16.4. The second-order valence-corrected chi connectivity index (χ2v) is 7.72. The molecule has 0 atom stereocenters. The van der Waals surface area contributed by atoms with Crippen molar-refractivity contribution in [3.05, 3.63) is 64.1 Å². The van der Waals surface area contributed by atoms with Gasteiger partial charge in [-0.3, -0.25) is 0 Å². The number of nitrogens with one attached hydrogen (secondary N) is 2. The van der Waals surface area contributed by atoms with Crippen LogP contribution in [-0.4, -0.2) is 17.4 Å². The van der Waals surface area contributed by atoms with Crippen molar-refractivity contribution in [3.8, 4) is 0 Å². The van der Waals surface area contributed by atoms with Crippen LogP contribution in [-0.2, 0) is 5.75 Å². The van der Waals surface area contributed by atoms with E-state index in [4.69, 9.17) is 12.2 Å². The van der Waals surface area contributed by atoms with Crippen LogP contribution in [0.2, 0.25) is 0 Å². The van der Waals surface area contributed by atoms with E-state index < -0.39 is 0 Å². The van der Waals surface area contributed by atoms with Crippen molar-refractivity contribution < 1.29 is 0 Å². The van der Waals surface area contributed by atoms with Gasteiger partial charge >= 0.3 is 0 Å². The minimum Gasteiger partial charge on any atom is -0.362 e. The molecule has 0 aliphatic rings. The number of hydrogen-bond acceptors (Lipinski definition) is 2. The summed E-state index contributed by atoms with van der Waals surface area (Å²) < 4.78 is 1.04. The first-order valence-corrected chi connectivity index (χ1v) is 9.93. The second-order valence-electron chi connectivity index (χ2n) is 5.29. The van der Waals surface area contributed by atoms with Gasteiger partial charge in [0.15, 0.2) is 5.11 Å². The molecule has 0 fully saturated rings. The first-order chi connectivity index (χ1) is 11.1. The number of thioether (sulfide) groups is 1. The molecule has 0 saturated carbocycles. The van der Waals surface area contributed by atoms with Gasteiger partial charge in [-0.1, -0.05) is 51.8 Å². The van der Waals surface area contributed by atoms with Gasteiger partial charge in [0.05, 0.1) is 0 Å². The number of thiocarbonyl (C=S) groups is 1. The van der Waals surface area contributed by atoms with E-state index in [9.17, 15) is 0 Å². The Labute approximate surface area is 156 Å². The molecule has 0 aliphatic heterocycles. The zero-order chi connectivity index (χ0) is 16.5. The lowest BCUT2D eigenvalue weighted by Gasteiger charge is -2.10. The van der Waals surface area contributed by atoms with E-state index >= 15 is 0 Å². The average Bonchev–Trinajstić information content (AvgIpc) is 2.51. The first kappa shape index (κ1) is 18.3. The summed E-state index contributed by atoms with van der Waals surface area (Å²) in [6, 6.07) is 16.7. The maximum Gasteiger partial charge on any atom is 0.170 e. The van der Waals surface area contributed by atoms with E-state index in [1.54, 1.807) is 0 Å². The van der Waals surface area contributed by atoms with Gasteiger partial charge < -0.3 is 10.6 Å². The Morgan fingerprint density at radius 1 is 1.17 bits per heavy atom. The largest absolute Gasteiger partial charge is 0.362 e.